The molecule has 0 aliphatic carbocycles. The van der Waals surface area contributed by atoms with E-state index in [4.69, 9.17) is 14.0 Å². The first-order valence-corrected chi connectivity index (χ1v) is 7.86. The molecular weight excluding hydrogens is 296 g/mol. The van der Waals surface area contributed by atoms with Gasteiger partial charge >= 0.3 is 0 Å². The maximum absolute atomic E-state index is 5.97. The third-order valence-electron chi connectivity index (χ3n) is 3.83. The predicted molar refractivity (Wildman–Crippen MR) is 82.9 cm³/mol. The molecule has 124 valence electrons. The number of ether oxygens (including phenoxy) is 2. The molecule has 0 saturated carbocycles. The summed E-state index contributed by atoms with van der Waals surface area (Å²) in [5, 5.41) is 3.88. The van der Waals surface area contributed by atoms with Gasteiger partial charge in [0.25, 0.3) is 0 Å². The summed E-state index contributed by atoms with van der Waals surface area (Å²) < 4.78 is 16.2. The number of piperidine rings is 1. The quantitative estimate of drug-likeness (QED) is 0.806. The van der Waals surface area contributed by atoms with Crippen molar-refractivity contribution in [3.05, 3.63) is 35.6 Å². The largest absolute Gasteiger partial charge is 0.474 e. The van der Waals surface area contributed by atoms with Crippen molar-refractivity contribution < 1.29 is 14.0 Å². The zero-order chi connectivity index (χ0) is 16.1. The van der Waals surface area contributed by atoms with Crippen LogP contribution < -0.4 is 4.74 Å². The molecule has 0 N–H and O–H groups in total. The Hall–Kier alpha value is -1.99. The lowest BCUT2D eigenvalue weighted by Crippen LogP contribution is -2.38. The van der Waals surface area contributed by atoms with Crippen LogP contribution in [0.25, 0.3) is 0 Å². The molecule has 0 amide bonds. The second-order valence-electron chi connectivity index (χ2n) is 5.75. The summed E-state index contributed by atoms with van der Waals surface area (Å²) in [6.45, 7) is 4.91. The number of rotatable bonds is 6. The van der Waals surface area contributed by atoms with E-state index in [1.807, 2.05) is 25.1 Å². The maximum atomic E-state index is 5.97. The van der Waals surface area contributed by atoms with Crippen LogP contribution in [0, 0.1) is 6.92 Å². The number of aromatic nitrogens is 3. The van der Waals surface area contributed by atoms with Gasteiger partial charge in [-0.05, 0) is 25.8 Å². The minimum absolute atomic E-state index is 0.215. The van der Waals surface area contributed by atoms with Crippen molar-refractivity contribution in [3.8, 4) is 5.88 Å². The Bertz CT molecular complexity index is 623. The van der Waals surface area contributed by atoms with E-state index in [1.54, 1.807) is 7.11 Å². The molecule has 0 aromatic carbocycles. The predicted octanol–water partition coefficient (Wildman–Crippen LogP) is 1.96. The summed E-state index contributed by atoms with van der Waals surface area (Å²) in [6.07, 6.45) is 2.15. The number of hydrogen-bond donors (Lipinski definition) is 0. The van der Waals surface area contributed by atoms with Gasteiger partial charge in [0.2, 0.25) is 11.8 Å². The van der Waals surface area contributed by atoms with Gasteiger partial charge in [0.15, 0.2) is 5.82 Å². The van der Waals surface area contributed by atoms with E-state index in [0.29, 0.717) is 30.7 Å². The average molecular weight is 318 g/mol. The fourth-order valence-corrected chi connectivity index (χ4v) is 2.67. The van der Waals surface area contributed by atoms with Gasteiger partial charge in [-0.25, -0.2) is 4.98 Å². The molecule has 0 spiro atoms. The molecular formula is C16H22N4O3. The topological polar surface area (TPSA) is 73.5 Å². The van der Waals surface area contributed by atoms with E-state index >= 15 is 0 Å². The van der Waals surface area contributed by atoms with Crippen LogP contribution in [0.4, 0.5) is 0 Å². The second kappa shape index (κ2) is 7.52. The number of pyridine rings is 1. The van der Waals surface area contributed by atoms with Crippen molar-refractivity contribution in [1.82, 2.24) is 20.0 Å². The molecule has 23 heavy (non-hydrogen) atoms. The van der Waals surface area contributed by atoms with Crippen molar-refractivity contribution in [2.75, 3.05) is 20.2 Å². The first kappa shape index (κ1) is 15.9. The molecule has 0 radical (unpaired) electrons. The Morgan fingerprint density at radius 1 is 1.26 bits per heavy atom. The maximum Gasteiger partial charge on any atom is 0.240 e. The lowest BCUT2D eigenvalue weighted by atomic mass is 10.1. The fraction of sp³-hybridized carbons (Fsp3) is 0.562. The normalized spacial score (nSPS) is 16.6. The van der Waals surface area contributed by atoms with Gasteiger partial charge in [0.05, 0.1) is 6.54 Å². The zero-order valence-electron chi connectivity index (χ0n) is 13.6. The van der Waals surface area contributed by atoms with Crippen LogP contribution in [0.5, 0.6) is 5.88 Å². The molecule has 2 aromatic heterocycles. The van der Waals surface area contributed by atoms with Gasteiger partial charge in [-0.15, -0.1) is 0 Å². The summed E-state index contributed by atoms with van der Waals surface area (Å²) in [6, 6.07) is 5.85. The minimum Gasteiger partial charge on any atom is -0.474 e. The van der Waals surface area contributed by atoms with E-state index in [0.717, 1.165) is 31.6 Å². The number of methoxy groups -OCH3 is 1. The lowest BCUT2D eigenvalue weighted by Gasteiger charge is -2.30. The Morgan fingerprint density at radius 3 is 2.83 bits per heavy atom. The van der Waals surface area contributed by atoms with Crippen LogP contribution in [-0.2, 0) is 17.9 Å². The van der Waals surface area contributed by atoms with Crippen molar-refractivity contribution in [2.45, 2.75) is 39.0 Å². The lowest BCUT2D eigenvalue weighted by molar-refractivity contribution is 0.0870. The Kier molecular flexibility index (Phi) is 5.19. The van der Waals surface area contributed by atoms with Gasteiger partial charge in [0.1, 0.15) is 12.7 Å². The molecule has 1 saturated heterocycles. The Morgan fingerprint density at radius 2 is 2.09 bits per heavy atom. The van der Waals surface area contributed by atoms with E-state index in [2.05, 4.69) is 20.0 Å². The molecule has 7 heteroatoms. The molecule has 0 bridgehead atoms. The molecule has 1 aliphatic heterocycles. The Balaban J connectivity index is 1.46. The molecule has 0 atom stereocenters. The molecule has 1 aliphatic rings. The van der Waals surface area contributed by atoms with Gasteiger partial charge in [0, 0.05) is 32.0 Å². The molecule has 3 heterocycles. The minimum atomic E-state index is 0.215. The van der Waals surface area contributed by atoms with Crippen LogP contribution in [0.3, 0.4) is 0 Å². The van der Waals surface area contributed by atoms with E-state index in [-0.39, 0.29) is 6.10 Å². The first-order valence-electron chi connectivity index (χ1n) is 7.86. The van der Waals surface area contributed by atoms with Crippen LogP contribution in [0.2, 0.25) is 0 Å². The third kappa shape index (κ3) is 4.49. The van der Waals surface area contributed by atoms with Crippen molar-refractivity contribution in [2.24, 2.45) is 0 Å². The smallest absolute Gasteiger partial charge is 0.240 e. The SMILES string of the molecule is COCc1noc(CN2CCC(Oc3cccc(C)n3)CC2)n1. The molecule has 2 aromatic rings. The van der Waals surface area contributed by atoms with Crippen LogP contribution in [0.1, 0.15) is 30.3 Å². The highest BCUT2D eigenvalue weighted by molar-refractivity contribution is 5.15. The summed E-state index contributed by atoms with van der Waals surface area (Å²) in [4.78, 5) is 11.0. The van der Waals surface area contributed by atoms with Gasteiger partial charge < -0.3 is 14.0 Å². The Labute approximate surface area is 135 Å². The summed E-state index contributed by atoms with van der Waals surface area (Å²) in [5.74, 6) is 1.94. The van der Waals surface area contributed by atoms with Gasteiger partial charge in [-0.3, -0.25) is 4.90 Å². The summed E-state index contributed by atoms with van der Waals surface area (Å²) >= 11 is 0. The van der Waals surface area contributed by atoms with E-state index in [1.165, 1.54) is 0 Å². The molecule has 0 unspecified atom stereocenters. The van der Waals surface area contributed by atoms with E-state index in [9.17, 15) is 0 Å². The molecule has 1 fully saturated rings. The molecule has 3 rings (SSSR count). The average Bonchev–Trinajstić information content (AvgIpc) is 2.97. The highest BCUT2D eigenvalue weighted by Gasteiger charge is 2.22. The fourth-order valence-electron chi connectivity index (χ4n) is 2.67. The van der Waals surface area contributed by atoms with Crippen molar-refractivity contribution in [1.29, 1.82) is 0 Å². The van der Waals surface area contributed by atoms with E-state index < -0.39 is 0 Å². The number of hydrogen-bond acceptors (Lipinski definition) is 7. The number of nitrogens with zero attached hydrogens (tertiary/aromatic N) is 4. The highest BCUT2D eigenvalue weighted by atomic mass is 16.5. The van der Waals surface area contributed by atoms with Crippen LogP contribution in [-0.4, -0.2) is 46.3 Å². The number of likely N-dealkylation sites (tertiary alicyclic amines) is 1. The zero-order valence-corrected chi connectivity index (χ0v) is 13.6. The van der Waals surface area contributed by atoms with Gasteiger partial charge in [-0.1, -0.05) is 11.2 Å². The monoisotopic (exact) mass is 318 g/mol. The standard InChI is InChI=1S/C16H22N4O3/c1-12-4-3-5-15(17-12)22-13-6-8-20(9-7-13)10-16-18-14(11-21-2)19-23-16/h3-5,13H,6-11H2,1-2H3. The van der Waals surface area contributed by atoms with Crippen molar-refractivity contribution >= 4 is 0 Å². The van der Waals surface area contributed by atoms with Crippen molar-refractivity contribution in [3.63, 3.8) is 0 Å². The van der Waals surface area contributed by atoms with Crippen LogP contribution in [0.15, 0.2) is 22.7 Å². The number of aryl methyl sites for hydroxylation is 1. The van der Waals surface area contributed by atoms with Gasteiger partial charge in [-0.2, -0.15) is 4.98 Å². The summed E-state index contributed by atoms with van der Waals surface area (Å²) in [7, 11) is 1.61. The first-order chi connectivity index (χ1) is 11.2. The third-order valence-corrected chi connectivity index (χ3v) is 3.83. The van der Waals surface area contributed by atoms with Crippen LogP contribution >= 0.6 is 0 Å². The highest BCUT2D eigenvalue weighted by Crippen LogP contribution is 2.18. The molecule has 7 nitrogen and oxygen atoms in total. The summed E-state index contributed by atoms with van der Waals surface area (Å²) in [5.41, 5.74) is 0.975. The second-order valence-corrected chi connectivity index (χ2v) is 5.75.